The Morgan fingerprint density at radius 1 is 1.04 bits per heavy atom. The number of rotatable bonds is 2. The molecule has 0 fully saturated rings. The highest BCUT2D eigenvalue weighted by atomic mass is 35.5. The van der Waals surface area contributed by atoms with Crippen molar-refractivity contribution < 1.29 is 14.3 Å². The van der Waals surface area contributed by atoms with Gasteiger partial charge in [0.1, 0.15) is 13.2 Å². The van der Waals surface area contributed by atoms with E-state index in [1.54, 1.807) is 0 Å². The van der Waals surface area contributed by atoms with Crippen molar-refractivity contribution in [3.8, 4) is 11.5 Å². The highest BCUT2D eigenvalue weighted by Crippen LogP contribution is 2.35. The number of carbonyl (C=O) groups is 1. The van der Waals surface area contributed by atoms with Crippen LogP contribution in [-0.2, 0) is 24.2 Å². The molecule has 2 aromatic carbocycles. The number of nitrogens with zero attached hydrogens (tertiary/aromatic N) is 1. The number of benzene rings is 2. The Bertz CT molecular complexity index is 773. The van der Waals surface area contributed by atoms with Gasteiger partial charge < -0.3 is 14.4 Å². The van der Waals surface area contributed by atoms with Crippen LogP contribution in [0.3, 0.4) is 0 Å². The van der Waals surface area contributed by atoms with Crippen molar-refractivity contribution in [1.29, 1.82) is 0 Å². The molecule has 124 valence electrons. The molecule has 5 heteroatoms. The molecule has 0 aliphatic carbocycles. The van der Waals surface area contributed by atoms with Crippen molar-refractivity contribution >= 4 is 17.5 Å². The Labute approximate surface area is 145 Å². The van der Waals surface area contributed by atoms with E-state index in [9.17, 15) is 4.79 Å². The van der Waals surface area contributed by atoms with Gasteiger partial charge in [-0.1, -0.05) is 23.7 Å². The maximum Gasteiger partial charge on any atom is 0.227 e. The van der Waals surface area contributed by atoms with Crippen LogP contribution in [0.2, 0.25) is 5.02 Å². The number of hydrogen-bond acceptors (Lipinski definition) is 3. The van der Waals surface area contributed by atoms with Gasteiger partial charge in [0.2, 0.25) is 5.91 Å². The minimum Gasteiger partial charge on any atom is -0.486 e. The summed E-state index contributed by atoms with van der Waals surface area (Å²) in [5.74, 6) is 1.74. The predicted octanol–water partition coefficient (Wildman–Crippen LogP) is 3.24. The summed E-state index contributed by atoms with van der Waals surface area (Å²) in [6, 6.07) is 11.5. The Kier molecular flexibility index (Phi) is 4.07. The van der Waals surface area contributed by atoms with Gasteiger partial charge in [-0.05, 0) is 47.4 Å². The Morgan fingerprint density at radius 3 is 2.42 bits per heavy atom. The predicted molar refractivity (Wildman–Crippen MR) is 91.7 cm³/mol. The van der Waals surface area contributed by atoms with Crippen LogP contribution in [0.4, 0.5) is 0 Å². The molecule has 2 aliphatic heterocycles. The molecule has 1 amide bonds. The molecule has 0 atom stereocenters. The van der Waals surface area contributed by atoms with E-state index in [1.165, 1.54) is 5.56 Å². The molecular formula is C19H18ClNO3. The average molecular weight is 344 g/mol. The van der Waals surface area contributed by atoms with E-state index in [2.05, 4.69) is 6.07 Å². The summed E-state index contributed by atoms with van der Waals surface area (Å²) in [6.45, 7) is 2.53. The summed E-state index contributed by atoms with van der Waals surface area (Å²) < 4.78 is 11.3. The van der Waals surface area contributed by atoms with Crippen LogP contribution >= 0.6 is 11.6 Å². The van der Waals surface area contributed by atoms with Gasteiger partial charge in [-0.25, -0.2) is 0 Å². The molecule has 0 radical (unpaired) electrons. The fourth-order valence-corrected chi connectivity index (χ4v) is 3.32. The van der Waals surface area contributed by atoms with Crippen LogP contribution in [0.5, 0.6) is 11.5 Å². The Hall–Kier alpha value is -2.20. The largest absolute Gasteiger partial charge is 0.486 e. The molecule has 0 saturated heterocycles. The highest BCUT2D eigenvalue weighted by molar-refractivity contribution is 6.30. The molecule has 4 nitrogen and oxygen atoms in total. The number of fused-ring (bicyclic) bond motifs is 2. The molecule has 0 unspecified atom stereocenters. The van der Waals surface area contributed by atoms with E-state index in [-0.39, 0.29) is 5.91 Å². The van der Waals surface area contributed by atoms with Crippen LogP contribution < -0.4 is 9.47 Å². The van der Waals surface area contributed by atoms with E-state index in [1.807, 2.05) is 35.2 Å². The summed E-state index contributed by atoms with van der Waals surface area (Å²) in [4.78, 5) is 14.5. The lowest BCUT2D eigenvalue weighted by atomic mass is 9.98. The molecular weight excluding hydrogens is 326 g/mol. The number of hydrogen-bond donors (Lipinski definition) is 0. The molecule has 0 aromatic heterocycles. The summed E-state index contributed by atoms with van der Waals surface area (Å²) in [7, 11) is 0. The lowest BCUT2D eigenvalue weighted by Crippen LogP contribution is -2.37. The topological polar surface area (TPSA) is 38.8 Å². The van der Waals surface area contributed by atoms with Crippen LogP contribution in [-0.4, -0.2) is 30.6 Å². The summed E-state index contributed by atoms with van der Waals surface area (Å²) in [5, 5.41) is 0.685. The maximum atomic E-state index is 12.6. The van der Waals surface area contributed by atoms with Crippen LogP contribution in [0.1, 0.15) is 16.7 Å². The van der Waals surface area contributed by atoms with E-state index in [0.29, 0.717) is 31.2 Å². The minimum atomic E-state index is 0.137. The van der Waals surface area contributed by atoms with Gasteiger partial charge in [-0.2, -0.15) is 0 Å². The van der Waals surface area contributed by atoms with Crippen molar-refractivity contribution in [2.75, 3.05) is 19.8 Å². The van der Waals surface area contributed by atoms with Gasteiger partial charge in [-0.3, -0.25) is 4.79 Å². The standard InChI is InChI=1S/C19H18ClNO3/c20-16-3-1-13(2-4-16)9-19(22)21-6-5-14-10-17-18(11-15(14)12-21)24-8-7-23-17/h1-4,10-11H,5-9,12H2. The third-order valence-electron chi connectivity index (χ3n) is 4.50. The van der Waals surface area contributed by atoms with Gasteiger partial charge in [0.15, 0.2) is 11.5 Å². The normalized spacial score (nSPS) is 15.8. The Morgan fingerprint density at radius 2 is 1.71 bits per heavy atom. The zero-order valence-electron chi connectivity index (χ0n) is 13.3. The highest BCUT2D eigenvalue weighted by Gasteiger charge is 2.24. The summed E-state index contributed by atoms with van der Waals surface area (Å²) in [6.07, 6.45) is 1.25. The van der Waals surface area contributed by atoms with E-state index < -0.39 is 0 Å². The maximum absolute atomic E-state index is 12.6. The van der Waals surface area contributed by atoms with Crippen LogP contribution in [0.15, 0.2) is 36.4 Å². The Balaban J connectivity index is 1.49. The summed E-state index contributed by atoms with van der Waals surface area (Å²) >= 11 is 5.89. The summed E-state index contributed by atoms with van der Waals surface area (Å²) in [5.41, 5.74) is 3.38. The molecule has 0 bridgehead atoms. The average Bonchev–Trinajstić information content (AvgIpc) is 2.61. The second kappa shape index (κ2) is 6.36. The number of carbonyl (C=O) groups excluding carboxylic acids is 1. The lowest BCUT2D eigenvalue weighted by molar-refractivity contribution is -0.131. The molecule has 24 heavy (non-hydrogen) atoms. The fraction of sp³-hybridized carbons (Fsp3) is 0.316. The van der Waals surface area contributed by atoms with Crippen molar-refractivity contribution in [1.82, 2.24) is 4.90 Å². The first-order valence-corrected chi connectivity index (χ1v) is 8.50. The third-order valence-corrected chi connectivity index (χ3v) is 4.75. The zero-order valence-corrected chi connectivity index (χ0v) is 14.0. The molecule has 2 heterocycles. The SMILES string of the molecule is O=C(Cc1ccc(Cl)cc1)N1CCc2cc3c(cc2C1)OCCO3. The lowest BCUT2D eigenvalue weighted by Gasteiger charge is -2.30. The van der Waals surface area contributed by atoms with Crippen LogP contribution in [0, 0.1) is 0 Å². The van der Waals surface area contributed by atoms with Gasteiger partial charge in [0.05, 0.1) is 6.42 Å². The van der Waals surface area contributed by atoms with E-state index in [4.69, 9.17) is 21.1 Å². The van der Waals surface area contributed by atoms with Gasteiger partial charge in [0.25, 0.3) is 0 Å². The van der Waals surface area contributed by atoms with Crippen molar-refractivity contribution in [3.05, 3.63) is 58.1 Å². The fourth-order valence-electron chi connectivity index (χ4n) is 3.19. The first kappa shape index (κ1) is 15.3. The molecule has 4 rings (SSSR count). The first-order chi connectivity index (χ1) is 11.7. The molecule has 0 spiro atoms. The van der Waals surface area contributed by atoms with Crippen molar-refractivity contribution in [3.63, 3.8) is 0 Å². The molecule has 0 N–H and O–H groups in total. The smallest absolute Gasteiger partial charge is 0.227 e. The van der Waals surface area contributed by atoms with Crippen molar-refractivity contribution in [2.24, 2.45) is 0 Å². The molecule has 2 aromatic rings. The zero-order chi connectivity index (χ0) is 16.5. The number of halogens is 1. The minimum absolute atomic E-state index is 0.137. The van der Waals surface area contributed by atoms with Gasteiger partial charge >= 0.3 is 0 Å². The van der Waals surface area contributed by atoms with Gasteiger partial charge in [-0.15, -0.1) is 0 Å². The van der Waals surface area contributed by atoms with Gasteiger partial charge in [0, 0.05) is 18.1 Å². The second-order valence-corrected chi connectivity index (χ2v) is 6.57. The quantitative estimate of drug-likeness (QED) is 0.840. The molecule has 0 saturated carbocycles. The molecule has 2 aliphatic rings. The second-order valence-electron chi connectivity index (χ2n) is 6.13. The number of ether oxygens (including phenoxy) is 2. The van der Waals surface area contributed by atoms with Crippen LogP contribution in [0.25, 0.3) is 0 Å². The van der Waals surface area contributed by atoms with E-state index >= 15 is 0 Å². The number of amides is 1. The van der Waals surface area contributed by atoms with Crippen molar-refractivity contribution in [2.45, 2.75) is 19.4 Å². The van der Waals surface area contributed by atoms with E-state index in [0.717, 1.165) is 35.6 Å². The monoisotopic (exact) mass is 343 g/mol. The third kappa shape index (κ3) is 3.06. The first-order valence-electron chi connectivity index (χ1n) is 8.13.